The second kappa shape index (κ2) is 3.42. The second-order valence-electron chi connectivity index (χ2n) is 2.69. The third-order valence-corrected chi connectivity index (χ3v) is 3.58. The number of non-ortho nitro benzene ring substituents is 1. The molecule has 2 aromatic rings. The van der Waals surface area contributed by atoms with E-state index in [1.807, 2.05) is 0 Å². The van der Waals surface area contributed by atoms with E-state index in [1.165, 1.54) is 23.5 Å². The second-order valence-corrected chi connectivity index (χ2v) is 4.86. The lowest BCUT2D eigenvalue weighted by molar-refractivity contribution is -0.384. The van der Waals surface area contributed by atoms with Gasteiger partial charge in [-0.1, -0.05) is 11.6 Å². The van der Waals surface area contributed by atoms with Crippen molar-refractivity contribution in [3.05, 3.63) is 32.6 Å². The Morgan fingerprint density at radius 1 is 1.43 bits per heavy atom. The predicted octanol–water partition coefficient (Wildman–Crippen LogP) is 3.75. The number of benzene rings is 1. The van der Waals surface area contributed by atoms with Gasteiger partial charge in [-0.05, 0) is 6.07 Å². The van der Waals surface area contributed by atoms with Crippen LogP contribution in [-0.4, -0.2) is 4.92 Å². The molecule has 6 heteroatoms. The first-order chi connectivity index (χ1) is 6.58. The van der Waals surface area contributed by atoms with E-state index >= 15 is 0 Å². The van der Waals surface area contributed by atoms with Crippen molar-refractivity contribution in [2.24, 2.45) is 0 Å². The van der Waals surface area contributed by atoms with E-state index in [9.17, 15) is 10.1 Å². The molecule has 0 bridgehead atoms. The van der Waals surface area contributed by atoms with E-state index in [4.69, 9.17) is 11.6 Å². The number of hydrogen-bond acceptors (Lipinski definition) is 4. The van der Waals surface area contributed by atoms with Gasteiger partial charge in [0.25, 0.3) is 5.69 Å². The summed E-state index contributed by atoms with van der Waals surface area (Å²) in [6, 6.07) is 4.63. The first-order valence-electron chi connectivity index (χ1n) is 3.64. The van der Waals surface area contributed by atoms with E-state index in [1.54, 1.807) is 6.07 Å². The zero-order valence-corrected chi connectivity index (χ0v) is 9.20. The van der Waals surface area contributed by atoms with Crippen molar-refractivity contribution in [3.63, 3.8) is 0 Å². The molecular formula is C8H4ClNO2S2. The molecule has 0 saturated carbocycles. The summed E-state index contributed by atoms with van der Waals surface area (Å²) in [6.07, 6.45) is 0. The van der Waals surface area contributed by atoms with Crippen LogP contribution in [0.25, 0.3) is 10.1 Å². The molecule has 0 radical (unpaired) electrons. The molecule has 72 valence electrons. The summed E-state index contributed by atoms with van der Waals surface area (Å²) >= 11 is 11.3. The van der Waals surface area contributed by atoms with Gasteiger partial charge in [-0.2, -0.15) is 0 Å². The standard InChI is InChI=1S/C8H4ClNO2S2/c9-7-2-4-1-5(10(11)12)3-6(13)8(4)14-7/h1-3,13H. The van der Waals surface area contributed by atoms with Crippen LogP contribution in [0.15, 0.2) is 23.1 Å². The molecule has 0 aliphatic rings. The van der Waals surface area contributed by atoms with Crippen LogP contribution in [0.2, 0.25) is 4.34 Å². The Balaban J connectivity index is 2.77. The molecule has 2 rings (SSSR count). The Morgan fingerprint density at radius 2 is 2.14 bits per heavy atom. The van der Waals surface area contributed by atoms with Crippen LogP contribution in [-0.2, 0) is 0 Å². The van der Waals surface area contributed by atoms with Gasteiger partial charge in [0.05, 0.1) is 9.26 Å². The van der Waals surface area contributed by atoms with Crippen LogP contribution in [0.4, 0.5) is 5.69 Å². The zero-order valence-electron chi connectivity index (χ0n) is 6.73. The Bertz CT molecular complexity index is 523. The van der Waals surface area contributed by atoms with Crippen molar-refractivity contribution in [2.75, 3.05) is 0 Å². The number of thiol groups is 1. The maximum Gasteiger partial charge on any atom is 0.271 e. The van der Waals surface area contributed by atoms with Crippen molar-refractivity contribution in [2.45, 2.75) is 4.90 Å². The van der Waals surface area contributed by atoms with Crippen LogP contribution in [0, 0.1) is 10.1 Å². The Hall–Kier alpha value is -0.780. The van der Waals surface area contributed by atoms with Gasteiger partial charge in [-0.15, -0.1) is 24.0 Å². The molecule has 0 aliphatic heterocycles. The lowest BCUT2D eigenvalue weighted by Gasteiger charge is -1.95. The molecule has 1 aromatic heterocycles. The summed E-state index contributed by atoms with van der Waals surface area (Å²) in [6.45, 7) is 0. The van der Waals surface area contributed by atoms with Crippen LogP contribution >= 0.6 is 35.6 Å². The summed E-state index contributed by atoms with van der Waals surface area (Å²) in [5, 5.41) is 11.3. The maximum atomic E-state index is 10.5. The average molecular weight is 246 g/mol. The molecule has 0 unspecified atom stereocenters. The van der Waals surface area contributed by atoms with E-state index in [0.29, 0.717) is 9.23 Å². The van der Waals surface area contributed by atoms with Gasteiger partial charge < -0.3 is 0 Å². The monoisotopic (exact) mass is 245 g/mol. The fourth-order valence-corrected chi connectivity index (χ4v) is 2.72. The quantitative estimate of drug-likeness (QED) is 0.472. The minimum atomic E-state index is -0.440. The summed E-state index contributed by atoms with van der Waals surface area (Å²) in [5.41, 5.74) is 0.0389. The zero-order chi connectivity index (χ0) is 10.3. The van der Waals surface area contributed by atoms with Crippen LogP contribution in [0.5, 0.6) is 0 Å². The van der Waals surface area contributed by atoms with Gasteiger partial charge in [0, 0.05) is 27.1 Å². The molecule has 0 aliphatic carbocycles. The molecule has 3 nitrogen and oxygen atoms in total. The van der Waals surface area contributed by atoms with Gasteiger partial charge in [0.2, 0.25) is 0 Å². The Morgan fingerprint density at radius 3 is 2.79 bits per heavy atom. The van der Waals surface area contributed by atoms with Crippen LogP contribution < -0.4 is 0 Å². The largest absolute Gasteiger partial charge is 0.271 e. The number of rotatable bonds is 1. The highest BCUT2D eigenvalue weighted by Gasteiger charge is 2.11. The fraction of sp³-hybridized carbons (Fsp3) is 0. The third kappa shape index (κ3) is 1.58. The van der Waals surface area contributed by atoms with Gasteiger partial charge in [-0.25, -0.2) is 0 Å². The summed E-state index contributed by atoms with van der Waals surface area (Å²) in [5.74, 6) is 0. The third-order valence-electron chi connectivity index (χ3n) is 1.76. The van der Waals surface area contributed by atoms with E-state index in [-0.39, 0.29) is 5.69 Å². The molecule has 1 heterocycles. The van der Waals surface area contributed by atoms with Crippen molar-refractivity contribution in [1.29, 1.82) is 0 Å². The fourth-order valence-electron chi connectivity index (χ4n) is 1.19. The van der Waals surface area contributed by atoms with Gasteiger partial charge in [-0.3, -0.25) is 10.1 Å². The maximum absolute atomic E-state index is 10.5. The molecule has 0 spiro atoms. The highest BCUT2D eigenvalue weighted by molar-refractivity contribution is 7.80. The Labute approximate surface area is 93.9 Å². The summed E-state index contributed by atoms with van der Waals surface area (Å²) in [7, 11) is 0. The van der Waals surface area contributed by atoms with Gasteiger partial charge in [0.1, 0.15) is 0 Å². The van der Waals surface area contributed by atoms with Crippen molar-refractivity contribution in [1.82, 2.24) is 0 Å². The van der Waals surface area contributed by atoms with Gasteiger partial charge in [0.15, 0.2) is 0 Å². The molecule has 1 aromatic carbocycles. The number of halogens is 1. The smallest absolute Gasteiger partial charge is 0.258 e. The van der Waals surface area contributed by atoms with E-state index in [2.05, 4.69) is 12.6 Å². The van der Waals surface area contributed by atoms with Crippen molar-refractivity contribution < 1.29 is 4.92 Å². The minimum absolute atomic E-state index is 0.0389. The molecule has 0 fully saturated rings. The molecule has 0 saturated heterocycles. The van der Waals surface area contributed by atoms with Gasteiger partial charge >= 0.3 is 0 Å². The summed E-state index contributed by atoms with van der Waals surface area (Å²) in [4.78, 5) is 10.7. The number of thiophene rings is 1. The number of nitro benzene ring substituents is 1. The normalized spacial score (nSPS) is 10.7. The first kappa shape index (κ1) is 9.76. The first-order valence-corrected chi connectivity index (χ1v) is 5.28. The highest BCUT2D eigenvalue weighted by atomic mass is 35.5. The average Bonchev–Trinajstić information content (AvgIpc) is 2.45. The lowest BCUT2D eigenvalue weighted by atomic mass is 10.2. The minimum Gasteiger partial charge on any atom is -0.258 e. The van der Waals surface area contributed by atoms with Crippen LogP contribution in [0.1, 0.15) is 0 Å². The highest BCUT2D eigenvalue weighted by Crippen LogP contribution is 2.36. The van der Waals surface area contributed by atoms with Crippen LogP contribution in [0.3, 0.4) is 0 Å². The lowest BCUT2D eigenvalue weighted by Crippen LogP contribution is -1.86. The molecule has 14 heavy (non-hydrogen) atoms. The number of hydrogen-bond donors (Lipinski definition) is 1. The SMILES string of the molecule is O=[N+]([O-])c1cc(S)c2sc(Cl)cc2c1. The molecule has 0 amide bonds. The number of nitro groups is 1. The molecule has 0 atom stereocenters. The number of fused-ring (bicyclic) bond motifs is 1. The topological polar surface area (TPSA) is 43.1 Å². The van der Waals surface area contributed by atoms with E-state index in [0.717, 1.165) is 10.1 Å². The molecular weight excluding hydrogens is 242 g/mol. The van der Waals surface area contributed by atoms with Crippen molar-refractivity contribution >= 4 is 51.3 Å². The summed E-state index contributed by atoms with van der Waals surface area (Å²) < 4.78 is 1.49. The van der Waals surface area contributed by atoms with E-state index < -0.39 is 4.92 Å². The predicted molar refractivity (Wildman–Crippen MR) is 60.7 cm³/mol. The Kier molecular flexibility index (Phi) is 2.38. The number of nitrogens with zero attached hydrogens (tertiary/aromatic N) is 1. The van der Waals surface area contributed by atoms with Crippen molar-refractivity contribution in [3.8, 4) is 0 Å². The molecule has 0 N–H and O–H groups in total.